The first-order valence-electron chi connectivity index (χ1n) is 27.3. The summed E-state index contributed by atoms with van der Waals surface area (Å²) in [5.41, 5.74) is -4.10. The minimum atomic E-state index is -2.46. The summed E-state index contributed by atoms with van der Waals surface area (Å²) in [5, 5.41) is 83.1. The zero-order valence-corrected chi connectivity index (χ0v) is 47.4. The monoisotopic (exact) mass is 1140 g/mol. The molecule has 1 heterocycles. The van der Waals surface area contributed by atoms with Gasteiger partial charge in [0.2, 0.25) is 41.2 Å². The molecule has 6 rings (SSSR count). The molecule has 12 N–H and O–H groups in total. The lowest BCUT2D eigenvalue weighted by Crippen LogP contribution is -2.61. The number of fused-ring (bicyclic) bond motifs is 3. The van der Waals surface area contributed by atoms with Crippen molar-refractivity contribution in [1.29, 1.82) is 0 Å². The summed E-state index contributed by atoms with van der Waals surface area (Å²) in [6, 6.07) is 4.00. The molecular weight excluding hydrogens is 1070 g/mol. The van der Waals surface area contributed by atoms with E-state index in [1.807, 2.05) is 13.8 Å². The van der Waals surface area contributed by atoms with E-state index in [2.05, 4.69) is 31.9 Å². The van der Waals surface area contributed by atoms with Crippen LogP contribution in [0.4, 0.5) is 0 Å². The first-order valence-corrected chi connectivity index (χ1v) is 27.3. The van der Waals surface area contributed by atoms with Crippen LogP contribution in [0, 0.1) is 17.8 Å². The Morgan fingerprint density at radius 3 is 1.89 bits per heavy atom. The molecule has 2 aliphatic carbocycles. The first-order chi connectivity index (χ1) is 38.6. The van der Waals surface area contributed by atoms with Crippen molar-refractivity contribution in [3.8, 4) is 23.0 Å². The number of hydrogen-bond acceptors (Lipinski definition) is 18. The summed E-state index contributed by atoms with van der Waals surface area (Å²) < 4.78 is 17.8. The Balaban J connectivity index is 1.23. The number of nitrogens with one attached hydrogen (secondary N) is 6. The van der Waals surface area contributed by atoms with Crippen molar-refractivity contribution in [3.05, 3.63) is 81.4 Å². The van der Waals surface area contributed by atoms with E-state index in [0.717, 1.165) is 0 Å². The molecule has 446 valence electrons. The fourth-order valence-electron chi connectivity index (χ4n) is 10.7. The molecule has 82 heavy (non-hydrogen) atoms. The number of carbonyl (C=O) groups excluding carboxylic acids is 9. The fraction of sp³-hybridized carbons (Fsp3) is 0.534. The van der Waals surface area contributed by atoms with Gasteiger partial charge in [-0.2, -0.15) is 0 Å². The molecule has 10 atom stereocenters. The first kappa shape index (κ1) is 63.7. The predicted octanol–water partition coefficient (Wildman–Crippen LogP) is 1.32. The predicted molar refractivity (Wildman–Crippen MR) is 292 cm³/mol. The number of amides is 6. The molecule has 1 saturated heterocycles. The van der Waals surface area contributed by atoms with Crippen molar-refractivity contribution < 1.29 is 88.0 Å². The number of methoxy groups -OCH3 is 1. The number of aliphatic hydroxyl groups excluding tert-OH is 2. The van der Waals surface area contributed by atoms with Gasteiger partial charge < -0.3 is 76.8 Å². The number of ether oxygens (including phenoxy) is 3. The highest BCUT2D eigenvalue weighted by Gasteiger charge is 2.51. The van der Waals surface area contributed by atoms with Crippen molar-refractivity contribution in [1.82, 2.24) is 31.9 Å². The number of ketones is 3. The highest BCUT2D eigenvalue weighted by molar-refractivity contribution is 6.31. The zero-order chi connectivity index (χ0) is 60.7. The van der Waals surface area contributed by atoms with E-state index < -0.39 is 162 Å². The van der Waals surface area contributed by atoms with Gasteiger partial charge in [0, 0.05) is 49.3 Å². The minimum absolute atomic E-state index is 0.00711. The summed E-state index contributed by atoms with van der Waals surface area (Å²) in [7, 11) is 1.28. The van der Waals surface area contributed by atoms with Gasteiger partial charge in [0.1, 0.15) is 65.5 Å². The minimum Gasteiger partial charge on any atom is -0.508 e. The van der Waals surface area contributed by atoms with Crippen LogP contribution in [0.15, 0.2) is 42.5 Å². The molecule has 0 spiro atoms. The van der Waals surface area contributed by atoms with Crippen molar-refractivity contribution in [3.63, 3.8) is 0 Å². The Morgan fingerprint density at radius 1 is 0.732 bits per heavy atom. The summed E-state index contributed by atoms with van der Waals surface area (Å²) in [6.07, 6.45) is -7.05. The Bertz CT molecular complexity index is 2930. The van der Waals surface area contributed by atoms with Crippen LogP contribution in [0.5, 0.6) is 23.0 Å². The molecule has 24 nitrogen and oxygen atoms in total. The molecule has 0 bridgehead atoms. The summed E-state index contributed by atoms with van der Waals surface area (Å²) in [5.74, 6) is -9.06. The number of carbonyl (C=O) groups is 9. The number of aromatic hydroxyl groups is 3. The molecule has 6 amide bonds. The third kappa shape index (κ3) is 14.9. The molecule has 1 fully saturated rings. The van der Waals surface area contributed by atoms with Crippen molar-refractivity contribution in [2.75, 3.05) is 20.3 Å². The maximum atomic E-state index is 14.5. The standard InChI is InChI=1S/C58H76N6O18/c1-26(2)17-36(60-30(8)66)54(75)59-24-43(69)61-37(18-27(3)4)55(76)64-39(20-31-13-15-32(67)16-14-31)57(78)63-38(19-28(5)6)56(77)62-35-21-44(81-29(7)49(35)70)82-41-23-58(79,42(68)25-65)22-34-46(41)53(74)48-47(51(34)72)50(71)33-11-10-12-40(80-9)45(33)52(48)73/h10-16,26-29,35-39,41,44,49,65,67,70,72,74,79H,17-25H2,1-9H3,(H,59,75)(H,60,66)(H,61,69)(H,62,77)(H,63,78)(H,64,76)/t29-,35-,36-,37-,38-,39-,41-,44-,49+,58-/m0/s1. The van der Waals surface area contributed by atoms with Gasteiger partial charge in [0.15, 0.2) is 17.9 Å². The highest BCUT2D eigenvalue weighted by atomic mass is 16.7. The van der Waals surface area contributed by atoms with Gasteiger partial charge in [-0.3, -0.25) is 43.2 Å². The van der Waals surface area contributed by atoms with Crippen LogP contribution < -0.4 is 36.6 Å². The average Bonchev–Trinajstić information content (AvgIpc) is 0.895. The van der Waals surface area contributed by atoms with E-state index in [-0.39, 0.29) is 77.2 Å². The van der Waals surface area contributed by atoms with Crippen LogP contribution >= 0.6 is 0 Å². The second kappa shape index (κ2) is 27.0. The lowest BCUT2D eigenvalue weighted by Gasteiger charge is -2.43. The van der Waals surface area contributed by atoms with E-state index in [4.69, 9.17) is 14.2 Å². The van der Waals surface area contributed by atoms with Gasteiger partial charge in [0.25, 0.3) is 0 Å². The third-order valence-electron chi connectivity index (χ3n) is 14.6. The van der Waals surface area contributed by atoms with E-state index in [1.54, 1.807) is 27.7 Å². The molecule has 1 aliphatic heterocycles. The summed E-state index contributed by atoms with van der Waals surface area (Å²) in [6.45, 7) is 12.0. The van der Waals surface area contributed by atoms with E-state index in [0.29, 0.717) is 12.0 Å². The number of rotatable bonds is 24. The van der Waals surface area contributed by atoms with Crippen LogP contribution in [-0.2, 0) is 55.9 Å². The lowest BCUT2D eigenvalue weighted by molar-refractivity contribution is -0.249. The van der Waals surface area contributed by atoms with Gasteiger partial charge in [-0.1, -0.05) is 65.8 Å². The van der Waals surface area contributed by atoms with Gasteiger partial charge in [-0.25, -0.2) is 0 Å². The van der Waals surface area contributed by atoms with Gasteiger partial charge in [-0.05, 0) is 67.7 Å². The molecule has 0 radical (unpaired) electrons. The zero-order valence-electron chi connectivity index (χ0n) is 47.4. The van der Waals surface area contributed by atoms with Crippen molar-refractivity contribution in [2.24, 2.45) is 17.8 Å². The van der Waals surface area contributed by atoms with Crippen LogP contribution in [0.3, 0.4) is 0 Å². The molecule has 3 aromatic rings. The normalized spacial score (nSPS) is 21.7. The number of benzene rings is 3. The summed E-state index contributed by atoms with van der Waals surface area (Å²) in [4.78, 5) is 123. The lowest BCUT2D eigenvalue weighted by atomic mass is 9.72. The highest BCUT2D eigenvalue weighted by Crippen LogP contribution is 2.52. The number of phenolic OH excluding ortho intramolecular Hbond substituents is 3. The molecule has 0 aromatic heterocycles. The smallest absolute Gasteiger partial charge is 0.243 e. The maximum absolute atomic E-state index is 14.5. The average molecular weight is 1150 g/mol. The van der Waals surface area contributed by atoms with E-state index in [9.17, 15) is 73.8 Å². The molecular formula is C58H76N6O18. The Kier molecular flexibility index (Phi) is 21.0. The molecule has 3 aromatic carbocycles. The van der Waals surface area contributed by atoms with Gasteiger partial charge in [0.05, 0.1) is 48.6 Å². The van der Waals surface area contributed by atoms with E-state index in [1.165, 1.54) is 63.4 Å². The van der Waals surface area contributed by atoms with Crippen LogP contribution in [-0.4, -0.2) is 158 Å². The molecule has 3 aliphatic rings. The maximum Gasteiger partial charge on any atom is 0.243 e. The van der Waals surface area contributed by atoms with E-state index >= 15 is 0 Å². The second-order valence-corrected chi connectivity index (χ2v) is 22.6. The van der Waals surface area contributed by atoms with Crippen LogP contribution in [0.1, 0.15) is 142 Å². The van der Waals surface area contributed by atoms with Crippen molar-refractivity contribution >= 4 is 52.8 Å². The summed E-state index contributed by atoms with van der Waals surface area (Å²) >= 11 is 0. The Hall–Kier alpha value is -7.51. The number of phenols is 3. The molecule has 0 unspecified atom stereocenters. The largest absolute Gasteiger partial charge is 0.508 e. The molecule has 0 saturated carbocycles. The number of aliphatic hydroxyl groups is 3. The number of hydrogen-bond donors (Lipinski definition) is 12. The Labute approximate surface area is 474 Å². The topological polar surface area (TPSA) is 375 Å². The Morgan fingerprint density at radius 2 is 1.30 bits per heavy atom. The quantitative estimate of drug-likeness (QED) is 0.0440. The van der Waals surface area contributed by atoms with Gasteiger partial charge in [-0.15, -0.1) is 0 Å². The number of Topliss-reactive ketones (excluding diaryl/α,β-unsaturated/α-hetero) is 1. The SMILES string of the molecule is COc1cccc2c1C(=O)c1c(O)c3c(c(O)c1C2=O)C[C@@](O)(C(=O)CO)C[C@@H]3O[C@H]1C[C@H](NC(=O)[C@H](CC(C)C)NC(=O)[C@H](Cc2ccc(O)cc2)NC(=O)[C@H](CC(C)C)NC(=O)CNC(=O)[C@H](CC(C)C)NC(C)=O)[C@H](O)[C@H](C)O1. The third-order valence-corrected chi connectivity index (χ3v) is 14.6. The van der Waals surface area contributed by atoms with Crippen molar-refractivity contribution in [2.45, 2.75) is 161 Å². The molecule has 24 heteroatoms. The fourth-order valence-corrected chi connectivity index (χ4v) is 10.7. The second-order valence-electron chi connectivity index (χ2n) is 22.6. The van der Waals surface area contributed by atoms with Crippen LogP contribution in [0.25, 0.3) is 0 Å². The van der Waals surface area contributed by atoms with Gasteiger partial charge >= 0.3 is 0 Å². The van der Waals surface area contributed by atoms with Crippen LogP contribution in [0.2, 0.25) is 0 Å².